The Morgan fingerprint density at radius 2 is 0.821 bits per heavy atom. The first-order valence-electron chi connectivity index (χ1n) is 24.4. The van der Waals surface area contributed by atoms with Crippen LogP contribution >= 0.6 is 0 Å². The molecule has 0 amide bonds. The van der Waals surface area contributed by atoms with Crippen molar-refractivity contribution in [3.8, 4) is 22.5 Å². The number of hydrogen-bond donors (Lipinski definition) is 0. The quantitative estimate of drug-likeness (QED) is 0.101. The number of benzene rings is 6. The van der Waals surface area contributed by atoms with E-state index in [2.05, 4.69) is 207 Å². The molecule has 10 aromatic rings. The van der Waals surface area contributed by atoms with E-state index in [1.807, 2.05) is 6.07 Å². The van der Waals surface area contributed by atoms with Crippen LogP contribution in [0.1, 0.15) is 99.9 Å². The van der Waals surface area contributed by atoms with Crippen molar-refractivity contribution in [2.75, 3.05) is 0 Å². The molecule has 1 radical (unpaired) electrons. The summed E-state index contributed by atoms with van der Waals surface area (Å²) in [5.41, 5.74) is 20.5. The van der Waals surface area contributed by atoms with E-state index in [1.165, 1.54) is 99.3 Å². The van der Waals surface area contributed by atoms with Crippen LogP contribution < -0.4 is 0 Å². The van der Waals surface area contributed by atoms with Crippen LogP contribution in [0.15, 0.2) is 116 Å². The van der Waals surface area contributed by atoms with E-state index >= 15 is 0 Å². The van der Waals surface area contributed by atoms with Crippen molar-refractivity contribution < 1.29 is 20.1 Å². The summed E-state index contributed by atoms with van der Waals surface area (Å²) in [4.78, 5) is 9.93. The minimum absolute atomic E-state index is 0. The Labute approximate surface area is 412 Å². The first-order chi connectivity index (χ1) is 31.7. The van der Waals surface area contributed by atoms with Gasteiger partial charge in [-0.3, -0.25) is 9.38 Å². The van der Waals surface area contributed by atoms with E-state index in [1.54, 1.807) is 0 Å². The van der Waals surface area contributed by atoms with Gasteiger partial charge in [0, 0.05) is 53.7 Å². The fourth-order valence-electron chi connectivity index (χ4n) is 10.8. The number of rotatable bonds is 10. The average molecular weight is 1060 g/mol. The maximum atomic E-state index is 4.98. The van der Waals surface area contributed by atoms with Crippen molar-refractivity contribution in [1.82, 2.24) is 18.8 Å². The summed E-state index contributed by atoms with van der Waals surface area (Å²) >= 11 is 0. The molecule has 0 bridgehead atoms. The molecule has 0 saturated carbocycles. The number of imidazole rings is 2. The molecule has 0 atom stereocenters. The van der Waals surface area contributed by atoms with Crippen molar-refractivity contribution >= 4 is 54.6 Å². The third-order valence-electron chi connectivity index (χ3n) is 13.5. The normalized spacial score (nSPS) is 11.9. The molecule has 5 heteroatoms. The fraction of sp³-hybridized carbons (Fsp3) is 0.323. The zero-order valence-electron chi connectivity index (χ0n) is 41.7. The largest absolute Gasteiger partial charge is 0.333 e. The third-order valence-corrected chi connectivity index (χ3v) is 13.5. The first-order valence-corrected chi connectivity index (χ1v) is 24.4. The molecule has 0 fully saturated rings. The number of nitrogens with zero attached hydrogens (tertiary/aromatic N) is 4. The van der Waals surface area contributed by atoms with Gasteiger partial charge in [-0.1, -0.05) is 128 Å². The van der Waals surface area contributed by atoms with Crippen LogP contribution in [0.2, 0.25) is 0 Å². The average Bonchev–Trinajstić information content (AvgIpc) is 3.90. The van der Waals surface area contributed by atoms with Gasteiger partial charge in [0.1, 0.15) is 5.65 Å². The Balaban J connectivity index is 0.000000179. The van der Waals surface area contributed by atoms with E-state index in [0.29, 0.717) is 23.7 Å². The monoisotopic (exact) mass is 1060 g/mol. The molecule has 67 heavy (non-hydrogen) atoms. The Morgan fingerprint density at radius 3 is 1.28 bits per heavy atom. The van der Waals surface area contributed by atoms with Gasteiger partial charge in [0.05, 0.1) is 28.7 Å². The second-order valence-electron chi connectivity index (χ2n) is 20.8. The van der Waals surface area contributed by atoms with E-state index in [9.17, 15) is 0 Å². The van der Waals surface area contributed by atoms with Gasteiger partial charge in [0.25, 0.3) is 0 Å². The smallest absolute Gasteiger partial charge is 0.145 e. The number of aryl methyl sites for hydroxylation is 4. The summed E-state index contributed by atoms with van der Waals surface area (Å²) < 4.78 is 4.79. The SMILES string of the molecule is Cc1cccc(C)c1-c1cnc2c3[c-]cccc3c3cc(CC(C)C)c(CC(C)C)cc3n12.Cc1cccc(C)c1-c1cnc2c3ccccc3c3cc(CC(C)C)c(CC(C)C)cc3n12.[Ir]. The van der Waals surface area contributed by atoms with Crippen LogP contribution in [-0.2, 0) is 45.8 Å². The number of aromatic nitrogens is 4. The molecule has 345 valence electrons. The van der Waals surface area contributed by atoms with Crippen molar-refractivity contribution in [3.05, 3.63) is 166 Å². The summed E-state index contributed by atoms with van der Waals surface area (Å²) in [6, 6.07) is 41.5. The van der Waals surface area contributed by atoms with Crippen molar-refractivity contribution in [2.24, 2.45) is 23.7 Å². The third kappa shape index (κ3) is 9.10. The summed E-state index contributed by atoms with van der Waals surface area (Å²) in [7, 11) is 0. The summed E-state index contributed by atoms with van der Waals surface area (Å²) in [5, 5.41) is 7.46. The van der Waals surface area contributed by atoms with E-state index < -0.39 is 0 Å². The molecule has 0 aliphatic carbocycles. The zero-order chi connectivity index (χ0) is 46.6. The Bertz CT molecular complexity index is 3160. The second kappa shape index (κ2) is 19.5. The van der Waals surface area contributed by atoms with E-state index in [0.717, 1.165) is 48.1 Å². The van der Waals surface area contributed by atoms with E-state index in [4.69, 9.17) is 9.97 Å². The minimum Gasteiger partial charge on any atom is -0.333 e. The molecule has 4 nitrogen and oxygen atoms in total. The van der Waals surface area contributed by atoms with Crippen LogP contribution in [0.5, 0.6) is 0 Å². The fourth-order valence-corrected chi connectivity index (χ4v) is 10.8. The molecule has 4 aromatic heterocycles. The predicted octanol–water partition coefficient (Wildman–Crippen LogP) is 16.4. The molecular weight excluding hydrogens is 993 g/mol. The Hall–Kier alpha value is -5.61. The molecule has 0 spiro atoms. The van der Waals surface area contributed by atoms with Crippen LogP contribution in [-0.4, -0.2) is 18.8 Å². The molecule has 10 rings (SSSR count). The molecule has 6 aromatic carbocycles. The van der Waals surface area contributed by atoms with Crippen molar-refractivity contribution in [3.63, 3.8) is 0 Å². The summed E-state index contributed by atoms with van der Waals surface area (Å²) in [6.07, 6.45) is 8.51. The Morgan fingerprint density at radius 1 is 0.433 bits per heavy atom. The summed E-state index contributed by atoms with van der Waals surface area (Å²) in [5.74, 6) is 2.47. The number of fused-ring (bicyclic) bond motifs is 12. The Kier molecular flexibility index (Phi) is 14.0. The van der Waals surface area contributed by atoms with Gasteiger partial charge in [-0.2, -0.15) is 0 Å². The maximum Gasteiger partial charge on any atom is 0.145 e. The first kappa shape index (κ1) is 47.9. The molecular formula is C62H67IrN4-. The zero-order valence-corrected chi connectivity index (χ0v) is 44.1. The molecule has 0 unspecified atom stereocenters. The molecule has 0 aliphatic rings. The van der Waals surface area contributed by atoms with Gasteiger partial charge in [-0.05, 0) is 151 Å². The van der Waals surface area contributed by atoms with Gasteiger partial charge in [0.2, 0.25) is 0 Å². The van der Waals surface area contributed by atoms with Gasteiger partial charge in [0.15, 0.2) is 0 Å². The van der Waals surface area contributed by atoms with Crippen LogP contribution in [0.25, 0.3) is 77.2 Å². The predicted molar refractivity (Wildman–Crippen MR) is 283 cm³/mol. The van der Waals surface area contributed by atoms with Gasteiger partial charge < -0.3 is 4.40 Å². The maximum absolute atomic E-state index is 4.98. The van der Waals surface area contributed by atoms with Crippen molar-refractivity contribution in [2.45, 2.75) is 109 Å². The number of pyridine rings is 2. The molecule has 0 saturated heterocycles. The topological polar surface area (TPSA) is 34.6 Å². The minimum atomic E-state index is 0. The van der Waals surface area contributed by atoms with Gasteiger partial charge >= 0.3 is 0 Å². The summed E-state index contributed by atoms with van der Waals surface area (Å²) in [6.45, 7) is 27.3. The van der Waals surface area contributed by atoms with Crippen LogP contribution in [0.4, 0.5) is 0 Å². The van der Waals surface area contributed by atoms with Crippen LogP contribution in [0.3, 0.4) is 0 Å². The standard InChI is InChI=1S/C31H34N2.C31H33N2.Ir/c2*1-19(2)14-23-16-27-25-12-7-8-13-26(25)31-32-18-29(30-21(5)10-9-11-22(30)6)33(31)28(27)17-24(23)15-20(3)4;/h7-13,16-20H,14-15H2,1-6H3;7-12,16-20H,14-15H2,1-6H3;/q;-1;. The number of hydrogen-bond acceptors (Lipinski definition) is 2. The van der Waals surface area contributed by atoms with Crippen molar-refractivity contribution in [1.29, 1.82) is 0 Å². The van der Waals surface area contributed by atoms with Gasteiger partial charge in [-0.25, -0.2) is 4.98 Å². The molecule has 0 N–H and O–H groups in total. The molecule has 0 aliphatic heterocycles. The van der Waals surface area contributed by atoms with Crippen LogP contribution in [0, 0.1) is 57.4 Å². The second-order valence-corrected chi connectivity index (χ2v) is 20.8. The molecule has 4 heterocycles. The van der Waals surface area contributed by atoms with E-state index in [-0.39, 0.29) is 20.1 Å². The van der Waals surface area contributed by atoms with Gasteiger partial charge in [-0.15, -0.1) is 29.7 Å².